The van der Waals surface area contributed by atoms with E-state index in [9.17, 15) is 18.0 Å². The molecule has 10 heteroatoms. The van der Waals surface area contributed by atoms with Crippen molar-refractivity contribution >= 4 is 39.1 Å². The molecule has 2 N–H and O–H groups in total. The minimum absolute atomic E-state index is 0.0596. The number of carbonyl (C=O) groups is 2. The summed E-state index contributed by atoms with van der Waals surface area (Å²) < 4.78 is 25.8. The Labute approximate surface area is 196 Å². The number of rotatable bonds is 10. The van der Waals surface area contributed by atoms with Crippen molar-refractivity contribution in [2.75, 3.05) is 39.0 Å². The molecule has 0 unspecified atom stereocenters. The first-order valence-corrected chi connectivity index (χ1v) is 12.9. The monoisotopic (exact) mass is 486 g/mol. The molecule has 1 aliphatic heterocycles. The first-order chi connectivity index (χ1) is 15.0. The molecule has 0 saturated carbocycles. The lowest BCUT2D eigenvalue weighted by Gasteiger charge is -2.32. The van der Waals surface area contributed by atoms with Crippen LogP contribution in [-0.4, -0.2) is 69.2 Å². The zero-order chi connectivity index (χ0) is 23.9. The van der Waals surface area contributed by atoms with Crippen LogP contribution in [-0.2, 0) is 19.6 Å². The maximum Gasteiger partial charge on any atom is 0.242 e. The topological polar surface area (TPSA) is 98.8 Å². The van der Waals surface area contributed by atoms with E-state index < -0.39 is 10.0 Å². The van der Waals surface area contributed by atoms with Gasteiger partial charge in [-0.2, -0.15) is 0 Å². The average molecular weight is 487 g/mol. The molecular weight excluding hydrogens is 452 g/mol. The highest BCUT2D eigenvalue weighted by Crippen LogP contribution is 2.26. The predicted molar refractivity (Wildman–Crippen MR) is 127 cm³/mol. The lowest BCUT2D eigenvalue weighted by molar-refractivity contribution is -0.127. The van der Waals surface area contributed by atoms with Crippen LogP contribution in [0.25, 0.3) is 0 Å². The highest BCUT2D eigenvalue weighted by Gasteiger charge is 2.26. The third-order valence-corrected chi connectivity index (χ3v) is 7.77. The number of piperidine rings is 1. The Hall–Kier alpha value is -1.68. The zero-order valence-corrected chi connectivity index (χ0v) is 20.9. The molecule has 1 saturated heterocycles. The van der Waals surface area contributed by atoms with Crippen LogP contribution in [0, 0.1) is 5.92 Å². The van der Waals surface area contributed by atoms with Crippen molar-refractivity contribution in [1.82, 2.24) is 14.5 Å². The van der Waals surface area contributed by atoms with Crippen LogP contribution < -0.4 is 10.6 Å². The van der Waals surface area contributed by atoms with E-state index in [-0.39, 0.29) is 45.8 Å². The molecular formula is C22H35ClN4O4S. The summed E-state index contributed by atoms with van der Waals surface area (Å²) >= 11 is 6.16. The van der Waals surface area contributed by atoms with E-state index in [2.05, 4.69) is 22.5 Å². The van der Waals surface area contributed by atoms with Gasteiger partial charge in [-0.15, -0.1) is 0 Å². The van der Waals surface area contributed by atoms with E-state index in [1.165, 1.54) is 32.3 Å². The molecule has 1 aromatic carbocycles. The minimum atomic E-state index is -3.63. The molecule has 0 radical (unpaired) electrons. The number of halogens is 1. The van der Waals surface area contributed by atoms with Gasteiger partial charge < -0.3 is 15.5 Å². The van der Waals surface area contributed by atoms with Crippen molar-refractivity contribution in [2.45, 2.75) is 56.9 Å². The van der Waals surface area contributed by atoms with Gasteiger partial charge in [0.2, 0.25) is 21.8 Å². The molecule has 0 spiro atoms. The van der Waals surface area contributed by atoms with Crippen LogP contribution in [0.2, 0.25) is 5.02 Å². The van der Waals surface area contributed by atoms with Crippen molar-refractivity contribution in [3.63, 3.8) is 0 Å². The first kappa shape index (κ1) is 26.6. The Morgan fingerprint density at radius 1 is 1.31 bits per heavy atom. The Morgan fingerprint density at radius 2 is 2.03 bits per heavy atom. The summed E-state index contributed by atoms with van der Waals surface area (Å²) in [5.74, 6) is -0.228. The lowest BCUT2D eigenvalue weighted by atomic mass is 9.96. The smallest absolute Gasteiger partial charge is 0.242 e. The highest BCUT2D eigenvalue weighted by molar-refractivity contribution is 7.89. The molecule has 2 amide bonds. The largest absolute Gasteiger partial charge is 0.353 e. The van der Waals surface area contributed by atoms with Gasteiger partial charge in [0.15, 0.2) is 0 Å². The van der Waals surface area contributed by atoms with Crippen LogP contribution >= 0.6 is 11.6 Å². The Morgan fingerprint density at radius 3 is 2.69 bits per heavy atom. The summed E-state index contributed by atoms with van der Waals surface area (Å²) in [6.45, 7) is 6.12. The van der Waals surface area contributed by atoms with Crippen LogP contribution in [0.3, 0.4) is 0 Å². The van der Waals surface area contributed by atoms with Gasteiger partial charge in [0.1, 0.15) is 0 Å². The Balaban J connectivity index is 1.91. The van der Waals surface area contributed by atoms with E-state index >= 15 is 0 Å². The van der Waals surface area contributed by atoms with Crippen molar-refractivity contribution in [1.29, 1.82) is 0 Å². The third-order valence-electron chi connectivity index (χ3n) is 5.63. The molecule has 1 aromatic rings. The molecule has 1 aliphatic rings. The van der Waals surface area contributed by atoms with E-state index in [1.807, 2.05) is 6.92 Å². The second-order valence-electron chi connectivity index (χ2n) is 8.57. The number of carbonyl (C=O) groups excluding carboxylic acids is 2. The Kier molecular flexibility index (Phi) is 9.94. The summed E-state index contributed by atoms with van der Waals surface area (Å²) in [7, 11) is -0.744. The van der Waals surface area contributed by atoms with Crippen molar-refractivity contribution in [3.8, 4) is 0 Å². The van der Waals surface area contributed by atoms with Gasteiger partial charge in [0, 0.05) is 39.6 Å². The summed E-state index contributed by atoms with van der Waals surface area (Å²) in [6, 6.07) is 4.41. The number of amides is 2. The first-order valence-electron chi connectivity index (χ1n) is 11.1. The third kappa shape index (κ3) is 7.43. The normalized spacial score (nSPS) is 18.4. The molecule has 32 heavy (non-hydrogen) atoms. The van der Waals surface area contributed by atoms with Gasteiger partial charge >= 0.3 is 0 Å². The Bertz CT molecular complexity index is 907. The number of nitrogens with zero attached hydrogens (tertiary/aromatic N) is 2. The summed E-state index contributed by atoms with van der Waals surface area (Å²) in [5.41, 5.74) is 0.264. The standard InChI is InChI=1S/C22H35ClN4O4S/c1-5-7-16(2)24-22(29)17-8-6-12-27(15-17)13-11-21(28)25-20-14-18(9-10-19(20)23)32(30,31)26(3)4/h9-10,14,16-17H,5-8,11-13,15H2,1-4H3,(H,24,29)(H,25,28)/t16-,17-/m0/s1. The van der Waals surface area contributed by atoms with E-state index in [0.29, 0.717) is 13.1 Å². The summed E-state index contributed by atoms with van der Waals surface area (Å²) in [6.07, 6.45) is 3.99. The molecule has 2 atom stereocenters. The zero-order valence-electron chi connectivity index (χ0n) is 19.4. The van der Waals surface area contributed by atoms with Crippen molar-refractivity contribution < 1.29 is 18.0 Å². The number of sulfonamides is 1. The maximum absolute atomic E-state index is 12.5. The van der Waals surface area contributed by atoms with E-state index in [4.69, 9.17) is 11.6 Å². The van der Waals surface area contributed by atoms with Crippen LogP contribution in [0.4, 0.5) is 5.69 Å². The molecule has 8 nitrogen and oxygen atoms in total. The van der Waals surface area contributed by atoms with Crippen LogP contribution in [0.1, 0.15) is 46.0 Å². The molecule has 0 aromatic heterocycles. The molecule has 1 heterocycles. The average Bonchev–Trinajstić information content (AvgIpc) is 2.74. The predicted octanol–water partition coefficient (Wildman–Crippen LogP) is 2.94. The van der Waals surface area contributed by atoms with Crippen molar-refractivity contribution in [3.05, 3.63) is 23.2 Å². The molecule has 0 bridgehead atoms. The van der Waals surface area contributed by atoms with E-state index in [0.717, 1.165) is 36.5 Å². The number of hydrogen-bond acceptors (Lipinski definition) is 5. The van der Waals surface area contributed by atoms with Gasteiger partial charge in [-0.05, 0) is 50.9 Å². The highest BCUT2D eigenvalue weighted by atomic mass is 35.5. The van der Waals surface area contributed by atoms with Gasteiger partial charge in [0.05, 0.1) is 21.5 Å². The van der Waals surface area contributed by atoms with Gasteiger partial charge in [-0.25, -0.2) is 12.7 Å². The molecule has 0 aliphatic carbocycles. The molecule has 1 fully saturated rings. The van der Waals surface area contributed by atoms with E-state index in [1.54, 1.807) is 0 Å². The number of likely N-dealkylation sites (tertiary alicyclic amines) is 1. The SMILES string of the molecule is CCC[C@H](C)NC(=O)[C@H]1CCCN(CCC(=O)Nc2cc(S(=O)(=O)N(C)C)ccc2Cl)C1. The van der Waals surface area contributed by atoms with Gasteiger partial charge in [-0.1, -0.05) is 24.9 Å². The molecule has 180 valence electrons. The number of nitrogens with one attached hydrogen (secondary N) is 2. The number of benzene rings is 1. The van der Waals surface area contributed by atoms with Crippen LogP contribution in [0.5, 0.6) is 0 Å². The number of anilines is 1. The lowest BCUT2D eigenvalue weighted by Crippen LogP contribution is -2.45. The quantitative estimate of drug-likeness (QED) is 0.529. The summed E-state index contributed by atoms with van der Waals surface area (Å²) in [4.78, 5) is 27.2. The second kappa shape index (κ2) is 12.0. The van der Waals surface area contributed by atoms with Gasteiger partial charge in [-0.3, -0.25) is 9.59 Å². The fourth-order valence-corrected chi connectivity index (χ4v) is 4.88. The van der Waals surface area contributed by atoms with Crippen LogP contribution in [0.15, 0.2) is 23.1 Å². The fraction of sp³-hybridized carbons (Fsp3) is 0.636. The van der Waals surface area contributed by atoms with Crippen molar-refractivity contribution in [2.24, 2.45) is 5.92 Å². The minimum Gasteiger partial charge on any atom is -0.353 e. The van der Waals surface area contributed by atoms with Gasteiger partial charge in [0.25, 0.3) is 0 Å². The summed E-state index contributed by atoms with van der Waals surface area (Å²) in [5, 5.41) is 6.07. The molecule has 2 rings (SSSR count). The number of hydrogen-bond donors (Lipinski definition) is 2. The second-order valence-corrected chi connectivity index (χ2v) is 11.1. The maximum atomic E-state index is 12.5. The fourth-order valence-electron chi connectivity index (χ4n) is 3.78.